The Bertz CT molecular complexity index is 318. The highest BCUT2D eigenvalue weighted by Gasteiger charge is 2.27. The van der Waals surface area contributed by atoms with Crippen LogP contribution < -0.4 is 5.32 Å². The highest BCUT2D eigenvalue weighted by atomic mass is 19.4. The van der Waals surface area contributed by atoms with Gasteiger partial charge in [-0.25, -0.2) is 0 Å². The third-order valence-corrected chi connectivity index (χ3v) is 2.35. The number of carbonyl (C=O) groups is 2. The molecule has 0 aliphatic heterocycles. The lowest BCUT2D eigenvalue weighted by Gasteiger charge is -2.17. The molecular weight excluding hydrogens is 279 g/mol. The fraction of sp³-hybridized carbons (Fsp3) is 0.833. The van der Waals surface area contributed by atoms with E-state index in [-0.39, 0.29) is 24.8 Å². The van der Waals surface area contributed by atoms with Gasteiger partial charge in [0.25, 0.3) is 0 Å². The molecule has 2 N–H and O–H groups in total. The van der Waals surface area contributed by atoms with Crippen molar-refractivity contribution in [2.45, 2.75) is 32.9 Å². The van der Waals surface area contributed by atoms with Gasteiger partial charge in [-0.3, -0.25) is 9.59 Å². The molecule has 0 rings (SSSR count). The molecule has 0 radical (unpaired) electrons. The van der Waals surface area contributed by atoms with E-state index in [4.69, 9.17) is 5.11 Å². The Morgan fingerprint density at radius 1 is 1.30 bits per heavy atom. The highest BCUT2D eigenvalue weighted by molar-refractivity contribution is 5.77. The summed E-state index contributed by atoms with van der Waals surface area (Å²) in [6.07, 6.45) is -3.96. The SMILES string of the molecule is CC(C)CC(CNC(=O)COCC(F)(F)F)CC(=O)O. The molecule has 0 saturated carbocycles. The standard InChI is InChI=1S/C12H20F3NO4/c1-8(2)3-9(4-11(18)19)5-16-10(17)6-20-7-12(13,14)15/h8-9H,3-7H2,1-2H3,(H,16,17)(H,18,19). The van der Waals surface area contributed by atoms with Gasteiger partial charge in [0.05, 0.1) is 0 Å². The third-order valence-electron chi connectivity index (χ3n) is 2.35. The van der Waals surface area contributed by atoms with Crippen LogP contribution in [0.5, 0.6) is 0 Å². The van der Waals surface area contributed by atoms with Crippen molar-refractivity contribution in [2.75, 3.05) is 19.8 Å². The molecule has 0 aromatic rings. The topological polar surface area (TPSA) is 75.6 Å². The van der Waals surface area contributed by atoms with Crippen molar-refractivity contribution >= 4 is 11.9 Å². The summed E-state index contributed by atoms with van der Waals surface area (Å²) in [5.74, 6) is -1.65. The fourth-order valence-corrected chi connectivity index (χ4v) is 1.72. The summed E-state index contributed by atoms with van der Waals surface area (Å²) in [6, 6.07) is 0. The molecule has 8 heteroatoms. The summed E-state index contributed by atoms with van der Waals surface area (Å²) < 4.78 is 39.6. The summed E-state index contributed by atoms with van der Waals surface area (Å²) in [4.78, 5) is 21.9. The number of carboxylic acid groups (broad SMARTS) is 1. The lowest BCUT2D eigenvalue weighted by molar-refractivity contribution is -0.175. The van der Waals surface area contributed by atoms with Crippen molar-refractivity contribution in [3.63, 3.8) is 0 Å². The Balaban J connectivity index is 4.01. The van der Waals surface area contributed by atoms with Gasteiger partial charge in [0, 0.05) is 13.0 Å². The lowest BCUT2D eigenvalue weighted by Crippen LogP contribution is -2.34. The predicted octanol–water partition coefficient (Wildman–Crippen LogP) is 1.82. The van der Waals surface area contributed by atoms with Crippen LogP contribution in [0, 0.1) is 11.8 Å². The second kappa shape index (κ2) is 8.78. The largest absolute Gasteiger partial charge is 0.481 e. The molecule has 0 heterocycles. The molecule has 20 heavy (non-hydrogen) atoms. The zero-order valence-corrected chi connectivity index (χ0v) is 11.5. The van der Waals surface area contributed by atoms with E-state index < -0.39 is 31.3 Å². The van der Waals surface area contributed by atoms with E-state index in [1.807, 2.05) is 13.8 Å². The van der Waals surface area contributed by atoms with Crippen LogP contribution in [0.25, 0.3) is 0 Å². The molecule has 5 nitrogen and oxygen atoms in total. The van der Waals surface area contributed by atoms with Crippen molar-refractivity contribution in [3.05, 3.63) is 0 Å². The number of carbonyl (C=O) groups excluding carboxylic acids is 1. The number of alkyl halides is 3. The minimum Gasteiger partial charge on any atom is -0.481 e. The average molecular weight is 299 g/mol. The monoisotopic (exact) mass is 299 g/mol. The molecule has 0 aliphatic rings. The molecule has 1 unspecified atom stereocenters. The highest BCUT2D eigenvalue weighted by Crippen LogP contribution is 2.15. The van der Waals surface area contributed by atoms with Gasteiger partial charge < -0.3 is 15.2 Å². The van der Waals surface area contributed by atoms with E-state index in [1.54, 1.807) is 0 Å². The third kappa shape index (κ3) is 11.8. The first-order chi connectivity index (χ1) is 9.10. The van der Waals surface area contributed by atoms with Crippen molar-refractivity contribution in [3.8, 4) is 0 Å². The number of aliphatic carboxylic acids is 1. The Morgan fingerprint density at radius 3 is 2.35 bits per heavy atom. The van der Waals surface area contributed by atoms with Crippen LogP contribution in [0.1, 0.15) is 26.7 Å². The second-order valence-corrected chi connectivity index (χ2v) is 5.01. The van der Waals surface area contributed by atoms with Crippen molar-refractivity contribution in [1.29, 1.82) is 0 Å². The summed E-state index contributed by atoms with van der Waals surface area (Å²) in [5, 5.41) is 11.1. The molecule has 0 bridgehead atoms. The summed E-state index contributed by atoms with van der Waals surface area (Å²) in [7, 11) is 0. The zero-order chi connectivity index (χ0) is 15.8. The molecule has 118 valence electrons. The molecule has 0 spiro atoms. The predicted molar refractivity (Wildman–Crippen MR) is 65.1 cm³/mol. The fourth-order valence-electron chi connectivity index (χ4n) is 1.72. The lowest BCUT2D eigenvalue weighted by atomic mass is 9.94. The van der Waals surface area contributed by atoms with Crippen molar-refractivity contribution in [2.24, 2.45) is 11.8 Å². The molecule has 1 amide bonds. The molecule has 0 aromatic heterocycles. The smallest absolute Gasteiger partial charge is 0.411 e. The normalized spacial score (nSPS) is 13.3. The molecule has 0 aliphatic carbocycles. The summed E-state index contributed by atoms with van der Waals surface area (Å²) >= 11 is 0. The van der Waals surface area contributed by atoms with Crippen molar-refractivity contribution in [1.82, 2.24) is 5.32 Å². The van der Waals surface area contributed by atoms with Crippen LogP contribution in [0.4, 0.5) is 13.2 Å². The van der Waals surface area contributed by atoms with Crippen molar-refractivity contribution < 1.29 is 32.6 Å². The van der Waals surface area contributed by atoms with Crippen LogP contribution >= 0.6 is 0 Å². The molecule has 0 aromatic carbocycles. The Kier molecular flexibility index (Phi) is 8.21. The van der Waals surface area contributed by atoms with E-state index in [0.29, 0.717) is 6.42 Å². The van der Waals surface area contributed by atoms with Gasteiger partial charge in [-0.15, -0.1) is 0 Å². The van der Waals surface area contributed by atoms with Crippen LogP contribution in [-0.4, -0.2) is 42.9 Å². The van der Waals surface area contributed by atoms with E-state index >= 15 is 0 Å². The van der Waals surface area contributed by atoms with Gasteiger partial charge in [-0.05, 0) is 18.3 Å². The maximum absolute atomic E-state index is 11.8. The van der Waals surface area contributed by atoms with Crippen LogP contribution in [0.2, 0.25) is 0 Å². The van der Waals surface area contributed by atoms with Gasteiger partial charge in [-0.2, -0.15) is 13.2 Å². The van der Waals surface area contributed by atoms with Gasteiger partial charge in [0.1, 0.15) is 13.2 Å². The van der Waals surface area contributed by atoms with E-state index in [1.165, 1.54) is 0 Å². The minimum absolute atomic E-state index is 0.0954. The van der Waals surface area contributed by atoms with Gasteiger partial charge in [-0.1, -0.05) is 13.8 Å². The van der Waals surface area contributed by atoms with E-state index in [0.717, 1.165) is 0 Å². The maximum atomic E-state index is 11.8. The quantitative estimate of drug-likeness (QED) is 0.681. The zero-order valence-electron chi connectivity index (χ0n) is 11.5. The summed E-state index contributed by atoms with van der Waals surface area (Å²) in [6.45, 7) is 1.77. The van der Waals surface area contributed by atoms with Crippen LogP contribution in [0.15, 0.2) is 0 Å². The Hall–Kier alpha value is -1.31. The first-order valence-electron chi connectivity index (χ1n) is 6.23. The first-order valence-corrected chi connectivity index (χ1v) is 6.23. The number of carboxylic acids is 1. The number of hydrogen-bond donors (Lipinski definition) is 2. The minimum atomic E-state index is -4.47. The number of rotatable bonds is 9. The Labute approximate surface area is 115 Å². The van der Waals surface area contributed by atoms with Gasteiger partial charge in [0.15, 0.2) is 0 Å². The molecular formula is C12H20F3NO4. The summed E-state index contributed by atoms with van der Waals surface area (Å²) in [5.41, 5.74) is 0. The first kappa shape index (κ1) is 18.7. The van der Waals surface area contributed by atoms with Crippen LogP contribution in [-0.2, 0) is 14.3 Å². The number of ether oxygens (including phenoxy) is 1. The average Bonchev–Trinajstić information content (AvgIpc) is 2.22. The molecule has 0 saturated heterocycles. The molecule has 0 fully saturated rings. The van der Waals surface area contributed by atoms with Crippen LogP contribution in [0.3, 0.4) is 0 Å². The number of nitrogens with one attached hydrogen (secondary N) is 1. The maximum Gasteiger partial charge on any atom is 0.411 e. The second-order valence-electron chi connectivity index (χ2n) is 5.01. The van der Waals surface area contributed by atoms with E-state index in [2.05, 4.69) is 10.1 Å². The van der Waals surface area contributed by atoms with E-state index in [9.17, 15) is 22.8 Å². The number of amides is 1. The van der Waals surface area contributed by atoms with Gasteiger partial charge in [0.2, 0.25) is 5.91 Å². The number of halogens is 3. The Morgan fingerprint density at radius 2 is 1.90 bits per heavy atom. The number of hydrogen-bond acceptors (Lipinski definition) is 3. The molecule has 1 atom stereocenters. The van der Waals surface area contributed by atoms with Gasteiger partial charge >= 0.3 is 12.1 Å².